The summed E-state index contributed by atoms with van der Waals surface area (Å²) in [5.41, 5.74) is 3.10. The van der Waals surface area contributed by atoms with Gasteiger partial charge in [-0.25, -0.2) is 0 Å². The summed E-state index contributed by atoms with van der Waals surface area (Å²) in [5.74, 6) is 0. The third kappa shape index (κ3) is 4.52. The minimum absolute atomic E-state index is 0.143. The summed E-state index contributed by atoms with van der Waals surface area (Å²) >= 11 is 1.88. The predicted molar refractivity (Wildman–Crippen MR) is 98.0 cm³/mol. The fraction of sp³-hybridized carbons (Fsp3) is 0.700. The molecule has 1 saturated carbocycles. The fourth-order valence-corrected chi connectivity index (χ4v) is 4.24. The van der Waals surface area contributed by atoms with E-state index < -0.39 is 0 Å². The SMILES string of the molecule is CC(C)(C)c1cc(S[C@@H]2CCCC[C@@H]2O)cc(C(C)(C)C)c1. The van der Waals surface area contributed by atoms with Gasteiger partial charge in [-0.3, -0.25) is 0 Å². The highest BCUT2D eigenvalue weighted by molar-refractivity contribution is 8.00. The van der Waals surface area contributed by atoms with Gasteiger partial charge in [0.2, 0.25) is 0 Å². The topological polar surface area (TPSA) is 20.2 Å². The maximum absolute atomic E-state index is 10.3. The van der Waals surface area contributed by atoms with E-state index in [4.69, 9.17) is 0 Å². The number of aliphatic hydroxyl groups excluding tert-OH is 1. The minimum atomic E-state index is -0.143. The van der Waals surface area contributed by atoms with Crippen molar-refractivity contribution in [1.29, 1.82) is 0 Å². The molecule has 1 aliphatic rings. The molecule has 2 rings (SSSR count). The Morgan fingerprint density at radius 2 is 1.36 bits per heavy atom. The predicted octanol–water partition coefficient (Wildman–Crippen LogP) is 5.68. The minimum Gasteiger partial charge on any atom is -0.392 e. The van der Waals surface area contributed by atoms with E-state index in [1.165, 1.54) is 28.9 Å². The number of benzene rings is 1. The van der Waals surface area contributed by atoms with Crippen LogP contribution in [0.3, 0.4) is 0 Å². The average molecular weight is 321 g/mol. The molecule has 0 saturated heterocycles. The highest BCUT2D eigenvalue weighted by atomic mass is 32.2. The van der Waals surface area contributed by atoms with Gasteiger partial charge in [-0.1, -0.05) is 60.5 Å². The smallest absolute Gasteiger partial charge is 0.0662 e. The highest BCUT2D eigenvalue weighted by Crippen LogP contribution is 2.38. The quantitative estimate of drug-likeness (QED) is 0.756. The summed E-state index contributed by atoms with van der Waals surface area (Å²) in [7, 11) is 0. The molecule has 0 amide bonds. The Balaban J connectivity index is 2.33. The van der Waals surface area contributed by atoms with Crippen molar-refractivity contribution < 1.29 is 5.11 Å². The van der Waals surface area contributed by atoms with Gasteiger partial charge in [-0.15, -0.1) is 11.8 Å². The largest absolute Gasteiger partial charge is 0.392 e. The molecule has 124 valence electrons. The molecule has 0 unspecified atom stereocenters. The van der Waals surface area contributed by atoms with Crippen LogP contribution in [0.2, 0.25) is 0 Å². The molecule has 0 spiro atoms. The zero-order chi connectivity index (χ0) is 16.5. The van der Waals surface area contributed by atoms with Gasteiger partial charge < -0.3 is 5.11 Å². The second-order valence-electron chi connectivity index (χ2n) is 8.75. The first-order chi connectivity index (χ1) is 10.1. The molecule has 2 atom stereocenters. The molecular weight excluding hydrogens is 288 g/mol. The number of rotatable bonds is 2. The average Bonchev–Trinajstić information content (AvgIpc) is 2.39. The molecule has 1 N–H and O–H groups in total. The lowest BCUT2D eigenvalue weighted by atomic mass is 9.81. The van der Waals surface area contributed by atoms with Crippen molar-refractivity contribution in [3.05, 3.63) is 29.3 Å². The molecule has 0 heterocycles. The fourth-order valence-electron chi connectivity index (χ4n) is 2.92. The summed E-state index contributed by atoms with van der Waals surface area (Å²) in [4.78, 5) is 1.32. The number of aliphatic hydroxyl groups is 1. The molecule has 0 radical (unpaired) electrons. The van der Waals surface area contributed by atoms with E-state index in [1.807, 2.05) is 11.8 Å². The van der Waals surface area contributed by atoms with Gasteiger partial charge in [0.25, 0.3) is 0 Å². The normalized spacial score (nSPS) is 23.6. The lowest BCUT2D eigenvalue weighted by Gasteiger charge is -2.29. The third-order valence-corrected chi connectivity index (χ3v) is 5.95. The molecule has 2 heteroatoms. The second-order valence-corrected chi connectivity index (χ2v) is 10.1. The van der Waals surface area contributed by atoms with Crippen LogP contribution in [0.5, 0.6) is 0 Å². The maximum Gasteiger partial charge on any atom is 0.0662 e. The van der Waals surface area contributed by atoms with E-state index in [-0.39, 0.29) is 16.9 Å². The zero-order valence-corrected chi connectivity index (χ0v) is 15.9. The van der Waals surface area contributed by atoms with Crippen LogP contribution in [-0.4, -0.2) is 16.5 Å². The van der Waals surface area contributed by atoms with Crippen LogP contribution < -0.4 is 0 Å². The van der Waals surface area contributed by atoms with Crippen molar-refractivity contribution in [1.82, 2.24) is 0 Å². The molecule has 0 aliphatic heterocycles. The van der Waals surface area contributed by atoms with E-state index >= 15 is 0 Å². The monoisotopic (exact) mass is 320 g/mol. The molecule has 1 nitrogen and oxygen atoms in total. The van der Waals surface area contributed by atoms with Crippen molar-refractivity contribution in [2.45, 2.75) is 94.3 Å². The summed E-state index contributed by atoms with van der Waals surface area (Å²) in [6, 6.07) is 7.03. The summed E-state index contributed by atoms with van der Waals surface area (Å²) in [5, 5.41) is 10.6. The van der Waals surface area contributed by atoms with Crippen molar-refractivity contribution in [2.24, 2.45) is 0 Å². The van der Waals surface area contributed by atoms with Crippen LogP contribution in [0.4, 0.5) is 0 Å². The van der Waals surface area contributed by atoms with E-state index in [9.17, 15) is 5.11 Å². The van der Waals surface area contributed by atoms with Gasteiger partial charge in [0.15, 0.2) is 0 Å². The Morgan fingerprint density at radius 1 is 0.864 bits per heavy atom. The first kappa shape index (κ1) is 17.9. The van der Waals surface area contributed by atoms with Gasteiger partial charge >= 0.3 is 0 Å². The Morgan fingerprint density at radius 3 is 1.82 bits per heavy atom. The van der Waals surface area contributed by atoms with Gasteiger partial charge in [0.05, 0.1) is 6.10 Å². The molecule has 1 aromatic rings. The van der Waals surface area contributed by atoms with Crippen molar-refractivity contribution in [3.8, 4) is 0 Å². The van der Waals surface area contributed by atoms with Gasteiger partial charge in [-0.2, -0.15) is 0 Å². The Hall–Kier alpha value is -0.470. The molecule has 0 aromatic heterocycles. The first-order valence-corrected chi connectivity index (χ1v) is 9.46. The molecule has 1 fully saturated rings. The second kappa shape index (κ2) is 6.57. The van der Waals surface area contributed by atoms with Crippen LogP contribution in [0.25, 0.3) is 0 Å². The Bertz CT molecular complexity index is 475. The van der Waals surface area contributed by atoms with E-state index in [0.29, 0.717) is 5.25 Å². The zero-order valence-electron chi connectivity index (χ0n) is 15.1. The van der Waals surface area contributed by atoms with Gasteiger partial charge in [0, 0.05) is 10.1 Å². The summed E-state index contributed by atoms with van der Waals surface area (Å²) < 4.78 is 0. The first-order valence-electron chi connectivity index (χ1n) is 8.58. The molecular formula is C20H32OS. The molecule has 22 heavy (non-hydrogen) atoms. The van der Waals surface area contributed by atoms with Crippen molar-refractivity contribution in [2.75, 3.05) is 0 Å². The van der Waals surface area contributed by atoms with Crippen LogP contribution in [-0.2, 0) is 10.8 Å². The van der Waals surface area contributed by atoms with E-state index in [2.05, 4.69) is 59.7 Å². The number of hydrogen-bond acceptors (Lipinski definition) is 2. The van der Waals surface area contributed by atoms with Crippen LogP contribution >= 0.6 is 11.8 Å². The van der Waals surface area contributed by atoms with Gasteiger partial charge in [-0.05, 0) is 46.9 Å². The van der Waals surface area contributed by atoms with Gasteiger partial charge in [0.1, 0.15) is 0 Å². The lowest BCUT2D eigenvalue weighted by Crippen LogP contribution is -2.26. The van der Waals surface area contributed by atoms with Crippen molar-refractivity contribution in [3.63, 3.8) is 0 Å². The number of thioether (sulfide) groups is 1. The third-order valence-electron chi connectivity index (χ3n) is 4.59. The Kier molecular flexibility index (Phi) is 5.34. The van der Waals surface area contributed by atoms with Crippen LogP contribution in [0, 0.1) is 0 Å². The van der Waals surface area contributed by atoms with Crippen LogP contribution in [0.1, 0.15) is 78.4 Å². The summed E-state index contributed by atoms with van der Waals surface area (Å²) in [6.45, 7) is 13.7. The number of hydrogen-bond donors (Lipinski definition) is 1. The van der Waals surface area contributed by atoms with E-state index in [1.54, 1.807) is 0 Å². The highest BCUT2D eigenvalue weighted by Gasteiger charge is 2.26. The molecule has 1 aliphatic carbocycles. The summed E-state index contributed by atoms with van der Waals surface area (Å²) in [6.07, 6.45) is 4.38. The lowest BCUT2D eigenvalue weighted by molar-refractivity contribution is 0.137. The van der Waals surface area contributed by atoms with Crippen molar-refractivity contribution >= 4 is 11.8 Å². The molecule has 0 bridgehead atoms. The standard InChI is InChI=1S/C20H32OS/c1-19(2,3)14-11-15(20(4,5)6)13-16(12-14)22-18-10-8-7-9-17(18)21/h11-13,17-18,21H,7-10H2,1-6H3/t17-,18+/m0/s1. The van der Waals surface area contributed by atoms with Crippen LogP contribution in [0.15, 0.2) is 23.1 Å². The Labute approximate surface area is 140 Å². The van der Waals surface area contributed by atoms with E-state index in [0.717, 1.165) is 12.8 Å². The maximum atomic E-state index is 10.3. The molecule has 1 aromatic carbocycles.